The van der Waals surface area contributed by atoms with Gasteiger partial charge in [-0.05, 0) is 26.3 Å². The van der Waals surface area contributed by atoms with E-state index in [-0.39, 0.29) is 0 Å². The molecule has 7 heteroatoms. The van der Waals surface area contributed by atoms with Gasteiger partial charge in [-0.25, -0.2) is 4.79 Å². The summed E-state index contributed by atoms with van der Waals surface area (Å²) < 4.78 is 42.7. The van der Waals surface area contributed by atoms with E-state index in [4.69, 9.17) is 4.74 Å². The minimum Gasteiger partial charge on any atom is -0.444 e. The first-order valence-electron chi connectivity index (χ1n) is 6.78. The SMILES string of the molecule is CC(C)(C)OC(=O)NC(CC(O)C(F)(F)F)c1ccccc1. The highest BCUT2D eigenvalue weighted by Crippen LogP contribution is 2.28. The molecule has 0 aliphatic heterocycles. The van der Waals surface area contributed by atoms with Crippen molar-refractivity contribution < 1.29 is 27.8 Å². The second-order valence-corrected chi connectivity index (χ2v) is 5.90. The molecule has 22 heavy (non-hydrogen) atoms. The van der Waals surface area contributed by atoms with Gasteiger partial charge in [0.1, 0.15) is 5.60 Å². The summed E-state index contributed by atoms with van der Waals surface area (Å²) >= 11 is 0. The van der Waals surface area contributed by atoms with Crippen molar-refractivity contribution in [3.8, 4) is 0 Å². The minimum absolute atomic E-state index is 0.455. The molecule has 0 radical (unpaired) electrons. The number of aliphatic hydroxyl groups is 1. The van der Waals surface area contributed by atoms with Crippen molar-refractivity contribution in [1.29, 1.82) is 0 Å². The van der Waals surface area contributed by atoms with E-state index in [9.17, 15) is 23.1 Å². The van der Waals surface area contributed by atoms with Crippen LogP contribution in [0.25, 0.3) is 0 Å². The predicted octanol–water partition coefficient (Wildman–Crippen LogP) is 3.57. The van der Waals surface area contributed by atoms with E-state index in [1.54, 1.807) is 51.1 Å². The number of nitrogens with one attached hydrogen (secondary N) is 1. The lowest BCUT2D eigenvalue weighted by Gasteiger charge is -2.26. The quantitative estimate of drug-likeness (QED) is 0.892. The molecule has 2 N–H and O–H groups in total. The van der Waals surface area contributed by atoms with Crippen molar-refractivity contribution in [2.45, 2.75) is 51.1 Å². The van der Waals surface area contributed by atoms with Crippen molar-refractivity contribution in [2.75, 3.05) is 0 Å². The molecule has 124 valence electrons. The second kappa shape index (κ2) is 7.00. The zero-order valence-electron chi connectivity index (χ0n) is 12.6. The number of rotatable bonds is 4. The molecule has 1 amide bonds. The van der Waals surface area contributed by atoms with Gasteiger partial charge in [0, 0.05) is 6.42 Å². The topological polar surface area (TPSA) is 58.6 Å². The third kappa shape index (κ3) is 6.34. The molecule has 4 nitrogen and oxygen atoms in total. The summed E-state index contributed by atoms with van der Waals surface area (Å²) in [6.07, 6.45) is -8.81. The van der Waals surface area contributed by atoms with Crippen LogP contribution in [-0.4, -0.2) is 29.1 Å². The Hall–Kier alpha value is -1.76. The molecule has 0 heterocycles. The normalized spacial score (nSPS) is 15.0. The van der Waals surface area contributed by atoms with Gasteiger partial charge >= 0.3 is 12.3 Å². The zero-order chi connectivity index (χ0) is 17.0. The average Bonchev–Trinajstić information content (AvgIpc) is 2.35. The lowest BCUT2D eigenvalue weighted by molar-refractivity contribution is -0.207. The molecule has 1 aromatic rings. The van der Waals surface area contributed by atoms with Crippen molar-refractivity contribution in [3.05, 3.63) is 35.9 Å². The monoisotopic (exact) mass is 319 g/mol. The van der Waals surface area contributed by atoms with E-state index in [0.717, 1.165) is 0 Å². The van der Waals surface area contributed by atoms with Crippen LogP contribution >= 0.6 is 0 Å². The largest absolute Gasteiger partial charge is 0.444 e. The molecule has 2 unspecified atom stereocenters. The number of hydrogen-bond donors (Lipinski definition) is 2. The summed E-state index contributed by atoms with van der Waals surface area (Å²) in [6, 6.07) is 7.12. The highest BCUT2D eigenvalue weighted by Gasteiger charge is 2.40. The fraction of sp³-hybridized carbons (Fsp3) is 0.533. The molecule has 0 aromatic heterocycles. The lowest BCUT2D eigenvalue weighted by atomic mass is 10.0. The van der Waals surface area contributed by atoms with Crippen LogP contribution in [0.5, 0.6) is 0 Å². The first-order valence-corrected chi connectivity index (χ1v) is 6.78. The molecule has 0 fully saturated rings. The van der Waals surface area contributed by atoms with Crippen molar-refractivity contribution in [1.82, 2.24) is 5.32 Å². The van der Waals surface area contributed by atoms with Gasteiger partial charge < -0.3 is 15.2 Å². The Balaban J connectivity index is 2.86. The first kappa shape index (κ1) is 18.3. The van der Waals surface area contributed by atoms with Gasteiger partial charge in [-0.2, -0.15) is 13.2 Å². The summed E-state index contributed by atoms with van der Waals surface area (Å²) in [7, 11) is 0. The smallest absolute Gasteiger partial charge is 0.414 e. The first-order chi connectivity index (χ1) is 9.99. The fourth-order valence-electron chi connectivity index (χ4n) is 1.77. The lowest BCUT2D eigenvalue weighted by Crippen LogP contribution is -2.39. The molecular formula is C15H20F3NO3. The van der Waals surface area contributed by atoms with Crippen molar-refractivity contribution >= 4 is 6.09 Å². The minimum atomic E-state index is -4.75. The Morgan fingerprint density at radius 2 is 1.77 bits per heavy atom. The molecule has 0 bridgehead atoms. The highest BCUT2D eigenvalue weighted by atomic mass is 19.4. The molecule has 1 aromatic carbocycles. The summed E-state index contributed by atoms with van der Waals surface area (Å²) in [4.78, 5) is 11.8. The molecule has 0 aliphatic rings. The van der Waals surface area contributed by atoms with Crippen LogP contribution in [0, 0.1) is 0 Å². The summed E-state index contributed by atoms with van der Waals surface area (Å²) in [5, 5.41) is 11.6. The zero-order valence-corrected chi connectivity index (χ0v) is 12.6. The van der Waals surface area contributed by atoms with Gasteiger partial charge in [0.05, 0.1) is 6.04 Å². The maximum atomic E-state index is 12.5. The predicted molar refractivity (Wildman–Crippen MR) is 75.2 cm³/mol. The number of aliphatic hydroxyl groups excluding tert-OH is 1. The number of hydrogen-bond acceptors (Lipinski definition) is 3. The third-order valence-corrected chi connectivity index (χ3v) is 2.73. The van der Waals surface area contributed by atoms with Crippen LogP contribution in [0.2, 0.25) is 0 Å². The van der Waals surface area contributed by atoms with Crippen LogP contribution in [0.3, 0.4) is 0 Å². The summed E-state index contributed by atoms with van der Waals surface area (Å²) in [5.74, 6) is 0. The number of ether oxygens (including phenoxy) is 1. The summed E-state index contributed by atoms with van der Waals surface area (Å²) in [5.41, 5.74) is -0.315. The van der Waals surface area contributed by atoms with E-state index < -0.39 is 36.4 Å². The number of alkyl halides is 3. The van der Waals surface area contributed by atoms with Crippen LogP contribution in [-0.2, 0) is 4.74 Å². The van der Waals surface area contributed by atoms with E-state index >= 15 is 0 Å². The maximum Gasteiger partial charge on any atom is 0.414 e. The van der Waals surface area contributed by atoms with Crippen LogP contribution < -0.4 is 5.32 Å². The molecular weight excluding hydrogens is 299 g/mol. The Morgan fingerprint density at radius 3 is 2.23 bits per heavy atom. The van der Waals surface area contributed by atoms with Crippen LogP contribution in [0.1, 0.15) is 38.8 Å². The highest BCUT2D eigenvalue weighted by molar-refractivity contribution is 5.68. The van der Waals surface area contributed by atoms with E-state index in [1.165, 1.54) is 0 Å². The van der Waals surface area contributed by atoms with E-state index in [0.29, 0.717) is 5.56 Å². The van der Waals surface area contributed by atoms with Gasteiger partial charge in [0.2, 0.25) is 0 Å². The van der Waals surface area contributed by atoms with Gasteiger partial charge in [-0.1, -0.05) is 30.3 Å². The Bertz CT molecular complexity index is 483. The van der Waals surface area contributed by atoms with Gasteiger partial charge in [-0.3, -0.25) is 0 Å². The van der Waals surface area contributed by atoms with Crippen molar-refractivity contribution in [2.24, 2.45) is 0 Å². The number of amides is 1. The molecule has 0 saturated heterocycles. The molecule has 0 aliphatic carbocycles. The summed E-state index contributed by atoms with van der Waals surface area (Å²) in [6.45, 7) is 4.94. The Morgan fingerprint density at radius 1 is 1.23 bits per heavy atom. The number of alkyl carbamates (subject to hydrolysis) is 1. The van der Waals surface area contributed by atoms with Crippen LogP contribution in [0.15, 0.2) is 30.3 Å². The number of carbonyl (C=O) groups excluding carboxylic acids is 1. The van der Waals surface area contributed by atoms with E-state index in [1.807, 2.05) is 0 Å². The molecule has 1 rings (SSSR count). The second-order valence-electron chi connectivity index (χ2n) is 5.90. The standard InChI is InChI=1S/C15H20F3NO3/c1-14(2,3)22-13(21)19-11(9-12(20)15(16,17)18)10-7-5-4-6-8-10/h4-8,11-12,20H,9H2,1-3H3,(H,19,21). The Labute approximate surface area is 127 Å². The molecule has 0 spiro atoms. The fourth-order valence-corrected chi connectivity index (χ4v) is 1.77. The maximum absolute atomic E-state index is 12.5. The van der Waals surface area contributed by atoms with Crippen molar-refractivity contribution in [3.63, 3.8) is 0 Å². The van der Waals surface area contributed by atoms with Gasteiger partial charge in [0.15, 0.2) is 6.10 Å². The molecule has 0 saturated carbocycles. The number of halogens is 3. The number of benzene rings is 1. The average molecular weight is 319 g/mol. The number of carbonyl (C=O) groups is 1. The van der Waals surface area contributed by atoms with Crippen LogP contribution in [0.4, 0.5) is 18.0 Å². The molecule has 2 atom stereocenters. The van der Waals surface area contributed by atoms with Gasteiger partial charge in [-0.15, -0.1) is 0 Å². The Kier molecular flexibility index (Phi) is 5.82. The van der Waals surface area contributed by atoms with E-state index in [2.05, 4.69) is 5.32 Å². The third-order valence-electron chi connectivity index (χ3n) is 2.73. The van der Waals surface area contributed by atoms with Gasteiger partial charge in [0.25, 0.3) is 0 Å².